The van der Waals surface area contributed by atoms with Crippen molar-refractivity contribution in [3.63, 3.8) is 0 Å². The number of hydrogen-bond donors (Lipinski definition) is 0. The first-order valence-corrected chi connectivity index (χ1v) is 11.9. The van der Waals surface area contributed by atoms with E-state index in [9.17, 15) is 0 Å². The molecule has 1 nitrogen and oxygen atoms in total. The highest BCUT2D eigenvalue weighted by Crippen LogP contribution is 2.23. The van der Waals surface area contributed by atoms with Gasteiger partial charge in [0.2, 0.25) is 0 Å². The van der Waals surface area contributed by atoms with E-state index >= 15 is 0 Å². The third-order valence-electron chi connectivity index (χ3n) is 5.56. The molecule has 0 rings (SSSR count). The van der Waals surface area contributed by atoms with Gasteiger partial charge in [-0.15, -0.1) is 0 Å². The standard InChI is InChI=1S/C25H51N/c1-8-11-14-15-16-17-20-25(26(22(4)5)23(6)7)21-24(18-12-9-2)19-13-10-3/h21-23,25H,8-20H2,1-7H3. The number of rotatable bonds is 17. The Balaban J connectivity index is 5.02. The van der Waals surface area contributed by atoms with E-state index in [4.69, 9.17) is 0 Å². The van der Waals surface area contributed by atoms with Crippen LogP contribution in [0.5, 0.6) is 0 Å². The highest BCUT2D eigenvalue weighted by Gasteiger charge is 2.22. The molecule has 0 aromatic heterocycles. The number of nitrogens with zero attached hydrogens (tertiary/aromatic N) is 1. The highest BCUT2D eigenvalue weighted by molar-refractivity contribution is 5.08. The van der Waals surface area contributed by atoms with Gasteiger partial charge in [-0.25, -0.2) is 0 Å². The first kappa shape index (κ1) is 25.7. The lowest BCUT2D eigenvalue weighted by molar-refractivity contribution is 0.130. The van der Waals surface area contributed by atoms with Crippen molar-refractivity contribution >= 4 is 0 Å². The molecule has 156 valence electrons. The zero-order valence-electron chi connectivity index (χ0n) is 19.4. The Hall–Kier alpha value is -0.300. The Morgan fingerprint density at radius 1 is 0.654 bits per heavy atom. The maximum atomic E-state index is 2.75. The average molecular weight is 366 g/mol. The van der Waals surface area contributed by atoms with Gasteiger partial charge in [0.25, 0.3) is 0 Å². The zero-order chi connectivity index (χ0) is 19.8. The number of allylic oxidation sites excluding steroid dienone is 1. The van der Waals surface area contributed by atoms with Crippen molar-refractivity contribution in [2.24, 2.45) is 0 Å². The monoisotopic (exact) mass is 365 g/mol. The summed E-state index contributed by atoms with van der Waals surface area (Å²) in [7, 11) is 0. The third-order valence-corrected chi connectivity index (χ3v) is 5.56. The molecule has 0 amide bonds. The van der Waals surface area contributed by atoms with Crippen LogP contribution in [0.4, 0.5) is 0 Å². The second kappa shape index (κ2) is 16.8. The Morgan fingerprint density at radius 3 is 1.58 bits per heavy atom. The fourth-order valence-corrected chi connectivity index (χ4v) is 4.19. The Kier molecular flexibility index (Phi) is 16.6. The minimum atomic E-state index is 0.620. The molecule has 1 unspecified atom stereocenters. The Labute approximate surface area is 167 Å². The van der Waals surface area contributed by atoms with Crippen molar-refractivity contribution in [1.29, 1.82) is 0 Å². The van der Waals surface area contributed by atoms with Crippen LogP contribution in [-0.2, 0) is 0 Å². The summed E-state index contributed by atoms with van der Waals surface area (Å²) in [6.07, 6.45) is 20.4. The molecular formula is C25H51N. The van der Waals surface area contributed by atoms with Crippen molar-refractivity contribution in [3.05, 3.63) is 11.6 Å². The summed E-state index contributed by atoms with van der Waals surface area (Å²) in [4.78, 5) is 2.75. The molecule has 0 aromatic carbocycles. The third kappa shape index (κ3) is 12.2. The maximum Gasteiger partial charge on any atom is 0.0286 e. The van der Waals surface area contributed by atoms with Crippen LogP contribution in [0.2, 0.25) is 0 Å². The molecule has 0 saturated heterocycles. The normalized spacial score (nSPS) is 13.0. The summed E-state index contributed by atoms with van der Waals surface area (Å²) in [6, 6.07) is 1.87. The highest BCUT2D eigenvalue weighted by atomic mass is 15.2. The van der Waals surface area contributed by atoms with Crippen molar-refractivity contribution in [1.82, 2.24) is 4.90 Å². The molecule has 0 aromatic rings. The quantitative estimate of drug-likeness (QED) is 0.184. The molecule has 0 radical (unpaired) electrons. The molecule has 0 heterocycles. The van der Waals surface area contributed by atoms with Gasteiger partial charge in [-0.1, -0.05) is 83.8 Å². The molecule has 0 spiro atoms. The van der Waals surface area contributed by atoms with Gasteiger partial charge in [0.1, 0.15) is 0 Å². The molecular weight excluding hydrogens is 314 g/mol. The summed E-state index contributed by atoms with van der Waals surface area (Å²) in [5, 5.41) is 0. The molecule has 1 heteroatoms. The van der Waals surface area contributed by atoms with Crippen LogP contribution in [-0.4, -0.2) is 23.0 Å². The molecule has 1 atom stereocenters. The van der Waals surface area contributed by atoms with Crippen LogP contribution in [0.15, 0.2) is 11.6 Å². The lowest BCUT2D eigenvalue weighted by Crippen LogP contribution is -2.44. The van der Waals surface area contributed by atoms with E-state index in [1.165, 1.54) is 83.5 Å². The molecule has 26 heavy (non-hydrogen) atoms. The van der Waals surface area contributed by atoms with E-state index in [-0.39, 0.29) is 0 Å². The van der Waals surface area contributed by atoms with Crippen molar-refractivity contribution in [2.45, 2.75) is 150 Å². The summed E-state index contributed by atoms with van der Waals surface area (Å²) in [6.45, 7) is 16.4. The predicted octanol–water partition coefficient (Wildman–Crippen LogP) is 8.53. The zero-order valence-corrected chi connectivity index (χ0v) is 19.4. The first-order chi connectivity index (χ1) is 12.5. The number of hydrogen-bond acceptors (Lipinski definition) is 1. The number of unbranched alkanes of at least 4 members (excludes halogenated alkanes) is 7. The van der Waals surface area contributed by atoms with E-state index in [2.05, 4.69) is 59.4 Å². The molecule has 0 fully saturated rings. The summed E-state index contributed by atoms with van der Waals surface area (Å²) in [5.41, 5.74) is 1.73. The van der Waals surface area contributed by atoms with Crippen molar-refractivity contribution in [3.8, 4) is 0 Å². The van der Waals surface area contributed by atoms with Crippen LogP contribution >= 0.6 is 0 Å². The predicted molar refractivity (Wildman–Crippen MR) is 121 cm³/mol. The van der Waals surface area contributed by atoms with E-state index in [1.807, 2.05) is 0 Å². The van der Waals surface area contributed by atoms with E-state index in [0.717, 1.165) is 0 Å². The lowest BCUT2D eigenvalue weighted by atomic mass is 9.95. The fraction of sp³-hybridized carbons (Fsp3) is 0.920. The summed E-state index contributed by atoms with van der Waals surface area (Å²) >= 11 is 0. The van der Waals surface area contributed by atoms with Crippen molar-refractivity contribution < 1.29 is 0 Å². The maximum absolute atomic E-state index is 2.75. The second-order valence-corrected chi connectivity index (χ2v) is 8.79. The van der Waals surface area contributed by atoms with E-state index < -0.39 is 0 Å². The molecule has 0 aliphatic heterocycles. The lowest BCUT2D eigenvalue weighted by Gasteiger charge is -2.37. The Bertz CT molecular complexity index is 311. The van der Waals surface area contributed by atoms with E-state index in [0.29, 0.717) is 18.1 Å². The molecule has 0 aliphatic rings. The minimum Gasteiger partial charge on any atom is -0.292 e. The first-order valence-electron chi connectivity index (χ1n) is 11.9. The van der Waals surface area contributed by atoms with Gasteiger partial charge < -0.3 is 0 Å². The fourth-order valence-electron chi connectivity index (χ4n) is 4.19. The average Bonchev–Trinajstić information content (AvgIpc) is 2.59. The van der Waals surface area contributed by atoms with Crippen LogP contribution in [0.25, 0.3) is 0 Å². The SMILES string of the molecule is CCCCCCCCC(C=C(CCCC)CCCC)N(C(C)C)C(C)C. The van der Waals surface area contributed by atoms with Crippen LogP contribution in [0, 0.1) is 0 Å². The molecule has 0 saturated carbocycles. The van der Waals surface area contributed by atoms with Gasteiger partial charge in [-0.2, -0.15) is 0 Å². The van der Waals surface area contributed by atoms with Gasteiger partial charge in [0, 0.05) is 18.1 Å². The minimum absolute atomic E-state index is 0.620. The second-order valence-electron chi connectivity index (χ2n) is 8.79. The topological polar surface area (TPSA) is 3.24 Å². The van der Waals surface area contributed by atoms with Gasteiger partial charge in [-0.05, 0) is 59.8 Å². The Morgan fingerprint density at radius 2 is 1.12 bits per heavy atom. The van der Waals surface area contributed by atoms with Gasteiger partial charge in [0.15, 0.2) is 0 Å². The molecule has 0 bridgehead atoms. The molecule has 0 N–H and O–H groups in total. The van der Waals surface area contributed by atoms with E-state index in [1.54, 1.807) is 5.57 Å². The van der Waals surface area contributed by atoms with Crippen LogP contribution in [0.3, 0.4) is 0 Å². The largest absolute Gasteiger partial charge is 0.292 e. The van der Waals surface area contributed by atoms with Crippen LogP contribution in [0.1, 0.15) is 132 Å². The van der Waals surface area contributed by atoms with Gasteiger partial charge in [-0.3, -0.25) is 4.90 Å². The van der Waals surface area contributed by atoms with Gasteiger partial charge >= 0.3 is 0 Å². The summed E-state index contributed by atoms with van der Waals surface area (Å²) < 4.78 is 0. The van der Waals surface area contributed by atoms with Crippen molar-refractivity contribution in [2.75, 3.05) is 0 Å². The van der Waals surface area contributed by atoms with Gasteiger partial charge in [0.05, 0.1) is 0 Å². The van der Waals surface area contributed by atoms with Crippen LogP contribution < -0.4 is 0 Å². The molecule has 0 aliphatic carbocycles. The summed E-state index contributed by atoms with van der Waals surface area (Å²) in [5.74, 6) is 0. The smallest absolute Gasteiger partial charge is 0.0286 e.